The fourth-order valence-electron chi connectivity index (χ4n) is 2.51. The van der Waals surface area contributed by atoms with Crippen LogP contribution in [-0.2, 0) is 16.1 Å². The predicted octanol–water partition coefficient (Wildman–Crippen LogP) is 3.82. The number of nitrogens with zero attached hydrogens (tertiary/aromatic N) is 1. The SMILES string of the molecule is O=C(OCc1ccc(Cl)cc1)c1ccc(N2CCCC2=O)cc1. The van der Waals surface area contributed by atoms with Gasteiger partial charge in [0, 0.05) is 23.7 Å². The number of carbonyl (C=O) groups excluding carboxylic acids is 2. The molecular formula is C18H16ClNO3. The lowest BCUT2D eigenvalue weighted by molar-refractivity contribution is -0.117. The van der Waals surface area contributed by atoms with Gasteiger partial charge in [-0.2, -0.15) is 0 Å². The highest BCUT2D eigenvalue weighted by Crippen LogP contribution is 2.22. The van der Waals surface area contributed by atoms with Gasteiger partial charge in [-0.15, -0.1) is 0 Å². The van der Waals surface area contributed by atoms with Crippen LogP contribution in [0.25, 0.3) is 0 Å². The van der Waals surface area contributed by atoms with Crippen LogP contribution in [0.15, 0.2) is 48.5 Å². The van der Waals surface area contributed by atoms with E-state index < -0.39 is 0 Å². The third-order valence-corrected chi connectivity index (χ3v) is 4.02. The first-order valence-corrected chi connectivity index (χ1v) is 7.83. The van der Waals surface area contributed by atoms with Crippen LogP contribution in [0.3, 0.4) is 0 Å². The number of amides is 1. The zero-order valence-electron chi connectivity index (χ0n) is 12.5. The predicted molar refractivity (Wildman–Crippen MR) is 88.6 cm³/mol. The Hall–Kier alpha value is -2.33. The number of benzene rings is 2. The summed E-state index contributed by atoms with van der Waals surface area (Å²) in [6.07, 6.45) is 1.47. The summed E-state index contributed by atoms with van der Waals surface area (Å²) >= 11 is 5.81. The summed E-state index contributed by atoms with van der Waals surface area (Å²) in [5.74, 6) is -0.262. The average molecular weight is 330 g/mol. The van der Waals surface area contributed by atoms with Crippen molar-refractivity contribution < 1.29 is 14.3 Å². The Kier molecular flexibility index (Phi) is 4.63. The van der Waals surface area contributed by atoms with Crippen LogP contribution in [0.2, 0.25) is 5.02 Å². The number of hydrogen-bond donors (Lipinski definition) is 0. The van der Waals surface area contributed by atoms with Gasteiger partial charge >= 0.3 is 5.97 Å². The Bertz CT molecular complexity index is 710. The maximum Gasteiger partial charge on any atom is 0.338 e. The van der Waals surface area contributed by atoms with Crippen LogP contribution in [0, 0.1) is 0 Å². The van der Waals surface area contributed by atoms with Gasteiger partial charge in [0.1, 0.15) is 6.61 Å². The van der Waals surface area contributed by atoms with Gasteiger partial charge in [0.15, 0.2) is 0 Å². The van der Waals surface area contributed by atoms with Gasteiger partial charge in [-0.05, 0) is 48.4 Å². The van der Waals surface area contributed by atoms with Gasteiger partial charge < -0.3 is 9.64 Å². The van der Waals surface area contributed by atoms with Crippen LogP contribution < -0.4 is 4.90 Å². The highest BCUT2D eigenvalue weighted by molar-refractivity contribution is 6.30. The molecule has 23 heavy (non-hydrogen) atoms. The van der Waals surface area contributed by atoms with Gasteiger partial charge in [-0.25, -0.2) is 4.79 Å². The number of halogens is 1. The van der Waals surface area contributed by atoms with Crippen molar-refractivity contribution >= 4 is 29.2 Å². The van der Waals surface area contributed by atoms with Crippen LogP contribution in [0.4, 0.5) is 5.69 Å². The molecule has 0 atom stereocenters. The van der Waals surface area contributed by atoms with E-state index in [-0.39, 0.29) is 18.5 Å². The smallest absolute Gasteiger partial charge is 0.338 e. The third kappa shape index (κ3) is 3.71. The normalized spacial score (nSPS) is 14.1. The molecule has 0 saturated carbocycles. The molecule has 4 nitrogen and oxygen atoms in total. The maximum absolute atomic E-state index is 12.1. The second kappa shape index (κ2) is 6.84. The molecule has 1 saturated heterocycles. The summed E-state index contributed by atoms with van der Waals surface area (Å²) in [4.78, 5) is 25.5. The summed E-state index contributed by atoms with van der Waals surface area (Å²) < 4.78 is 5.28. The fourth-order valence-corrected chi connectivity index (χ4v) is 2.64. The Labute approximate surface area is 139 Å². The molecule has 1 amide bonds. The summed E-state index contributed by atoms with van der Waals surface area (Å²) in [7, 11) is 0. The van der Waals surface area contributed by atoms with Crippen molar-refractivity contribution in [2.75, 3.05) is 11.4 Å². The molecule has 0 aromatic heterocycles. The Morgan fingerprint density at radius 2 is 1.78 bits per heavy atom. The summed E-state index contributed by atoms with van der Waals surface area (Å²) in [6.45, 7) is 0.932. The zero-order chi connectivity index (χ0) is 16.2. The van der Waals surface area contributed by atoms with E-state index in [0.29, 0.717) is 17.0 Å². The van der Waals surface area contributed by atoms with Gasteiger partial charge in [0.25, 0.3) is 0 Å². The van der Waals surface area contributed by atoms with Crippen molar-refractivity contribution in [3.05, 3.63) is 64.7 Å². The molecule has 118 valence electrons. The van der Waals surface area contributed by atoms with Gasteiger partial charge in [0.2, 0.25) is 5.91 Å². The highest BCUT2D eigenvalue weighted by Gasteiger charge is 2.21. The fraction of sp³-hybridized carbons (Fsp3) is 0.222. The number of rotatable bonds is 4. The molecule has 1 aliphatic rings. The molecule has 1 aliphatic heterocycles. The van der Waals surface area contributed by atoms with E-state index in [4.69, 9.17) is 16.3 Å². The summed E-state index contributed by atoms with van der Waals surface area (Å²) in [5.41, 5.74) is 2.16. The van der Waals surface area contributed by atoms with E-state index in [0.717, 1.165) is 24.2 Å². The quantitative estimate of drug-likeness (QED) is 0.801. The molecule has 0 unspecified atom stereocenters. The molecule has 0 radical (unpaired) electrons. The molecule has 0 spiro atoms. The van der Waals surface area contributed by atoms with Crippen LogP contribution in [-0.4, -0.2) is 18.4 Å². The molecule has 1 heterocycles. The second-order valence-corrected chi connectivity index (χ2v) is 5.83. The number of hydrogen-bond acceptors (Lipinski definition) is 3. The minimum absolute atomic E-state index is 0.128. The molecule has 1 fully saturated rings. The van der Waals surface area contributed by atoms with E-state index >= 15 is 0 Å². The Balaban J connectivity index is 1.61. The van der Waals surface area contributed by atoms with Gasteiger partial charge in [-0.1, -0.05) is 23.7 Å². The largest absolute Gasteiger partial charge is 0.457 e. The lowest BCUT2D eigenvalue weighted by Crippen LogP contribution is -2.23. The first-order chi connectivity index (χ1) is 11.1. The minimum Gasteiger partial charge on any atom is -0.457 e. The maximum atomic E-state index is 12.1. The molecule has 2 aromatic rings. The molecule has 0 aliphatic carbocycles. The third-order valence-electron chi connectivity index (χ3n) is 3.77. The van der Waals surface area contributed by atoms with Crippen molar-refractivity contribution in [3.8, 4) is 0 Å². The summed E-state index contributed by atoms with van der Waals surface area (Å²) in [6, 6.07) is 14.1. The van der Waals surface area contributed by atoms with Crippen LogP contribution in [0.1, 0.15) is 28.8 Å². The Morgan fingerprint density at radius 3 is 2.39 bits per heavy atom. The number of anilines is 1. The number of carbonyl (C=O) groups is 2. The number of ether oxygens (including phenoxy) is 1. The number of esters is 1. The lowest BCUT2D eigenvalue weighted by Gasteiger charge is -2.15. The first-order valence-electron chi connectivity index (χ1n) is 7.45. The highest BCUT2D eigenvalue weighted by atomic mass is 35.5. The average Bonchev–Trinajstić information content (AvgIpc) is 3.00. The van der Waals surface area contributed by atoms with Crippen molar-refractivity contribution in [1.82, 2.24) is 0 Å². The molecular weight excluding hydrogens is 314 g/mol. The zero-order valence-corrected chi connectivity index (χ0v) is 13.3. The lowest BCUT2D eigenvalue weighted by atomic mass is 10.2. The van der Waals surface area contributed by atoms with E-state index in [1.54, 1.807) is 41.3 Å². The summed E-state index contributed by atoms with van der Waals surface area (Å²) in [5, 5.41) is 0.645. The van der Waals surface area contributed by atoms with Crippen molar-refractivity contribution in [2.24, 2.45) is 0 Å². The molecule has 0 N–H and O–H groups in total. The second-order valence-electron chi connectivity index (χ2n) is 5.40. The molecule has 2 aromatic carbocycles. The first kappa shape index (κ1) is 15.6. The Morgan fingerprint density at radius 1 is 1.09 bits per heavy atom. The topological polar surface area (TPSA) is 46.6 Å². The van der Waals surface area contributed by atoms with Crippen LogP contribution in [0.5, 0.6) is 0 Å². The van der Waals surface area contributed by atoms with Crippen LogP contribution >= 0.6 is 11.6 Å². The van der Waals surface area contributed by atoms with E-state index in [2.05, 4.69) is 0 Å². The minimum atomic E-state index is -0.390. The van der Waals surface area contributed by atoms with Crippen molar-refractivity contribution in [2.45, 2.75) is 19.4 Å². The van der Waals surface area contributed by atoms with Gasteiger partial charge in [-0.3, -0.25) is 4.79 Å². The monoisotopic (exact) mass is 329 g/mol. The standard InChI is InChI=1S/C18H16ClNO3/c19-15-7-3-13(4-8-15)12-23-18(22)14-5-9-16(10-6-14)20-11-1-2-17(20)21/h3-10H,1-2,11-12H2. The van der Waals surface area contributed by atoms with E-state index in [1.165, 1.54) is 0 Å². The van der Waals surface area contributed by atoms with E-state index in [1.807, 2.05) is 12.1 Å². The van der Waals surface area contributed by atoms with Crippen molar-refractivity contribution in [1.29, 1.82) is 0 Å². The molecule has 0 bridgehead atoms. The van der Waals surface area contributed by atoms with Gasteiger partial charge in [0.05, 0.1) is 5.56 Å². The molecule has 3 rings (SSSR count). The van der Waals surface area contributed by atoms with Crippen molar-refractivity contribution in [3.63, 3.8) is 0 Å². The van der Waals surface area contributed by atoms with E-state index in [9.17, 15) is 9.59 Å². The molecule has 5 heteroatoms.